The number of nitrogens with zero attached hydrogens (tertiary/aromatic N) is 6. The van der Waals surface area contributed by atoms with Crippen molar-refractivity contribution in [2.45, 2.75) is 11.8 Å². The third-order valence-electron chi connectivity index (χ3n) is 6.23. The summed E-state index contributed by atoms with van der Waals surface area (Å²) >= 11 is 0. The first kappa shape index (κ1) is 21.9. The number of H-pyrrole nitrogens is 1. The summed E-state index contributed by atoms with van der Waals surface area (Å²) in [6.07, 6.45) is 0. The minimum atomic E-state index is -3.69. The molecule has 0 saturated carbocycles. The molecule has 2 aliphatic rings. The molecule has 33 heavy (non-hydrogen) atoms. The van der Waals surface area contributed by atoms with Crippen molar-refractivity contribution in [3.63, 3.8) is 0 Å². The van der Waals surface area contributed by atoms with Crippen LogP contribution in [0.1, 0.15) is 5.82 Å². The number of sulfonamides is 1. The van der Waals surface area contributed by atoms with E-state index in [-0.39, 0.29) is 4.90 Å². The summed E-state index contributed by atoms with van der Waals surface area (Å²) in [6.45, 7) is 7.46. The molecule has 4 heterocycles. The smallest absolute Gasteiger partial charge is 0.408 e. The van der Waals surface area contributed by atoms with Crippen LogP contribution in [0.2, 0.25) is 0 Å². The van der Waals surface area contributed by atoms with Gasteiger partial charge in [-0.25, -0.2) is 23.2 Å². The van der Waals surface area contributed by atoms with Gasteiger partial charge in [-0.05, 0) is 32.2 Å². The van der Waals surface area contributed by atoms with Gasteiger partial charge >= 0.3 is 5.76 Å². The number of fused-ring (bicyclic) bond motifs is 1. The van der Waals surface area contributed by atoms with Crippen molar-refractivity contribution < 1.29 is 12.8 Å². The molecule has 1 aromatic carbocycles. The van der Waals surface area contributed by atoms with Crippen LogP contribution in [0.4, 0.5) is 11.6 Å². The monoisotopic (exact) mass is 473 g/mol. The van der Waals surface area contributed by atoms with E-state index in [1.165, 1.54) is 22.5 Å². The first-order valence-electron chi connectivity index (χ1n) is 11.0. The van der Waals surface area contributed by atoms with Gasteiger partial charge in [0.2, 0.25) is 10.0 Å². The number of aryl methyl sites for hydroxylation is 1. The summed E-state index contributed by atoms with van der Waals surface area (Å²) < 4.78 is 32.8. The molecule has 0 atom stereocenters. The predicted octanol–water partition coefficient (Wildman–Crippen LogP) is 0.482. The number of rotatable bonds is 4. The lowest BCUT2D eigenvalue weighted by molar-refractivity contribution is 0.312. The Hall–Kier alpha value is -2.96. The van der Waals surface area contributed by atoms with E-state index in [0.29, 0.717) is 43.1 Å². The Morgan fingerprint density at radius 3 is 2.15 bits per heavy atom. The van der Waals surface area contributed by atoms with Crippen molar-refractivity contribution in [3.05, 3.63) is 40.6 Å². The summed E-state index contributed by atoms with van der Waals surface area (Å²) in [5.74, 6) is 1.84. The molecule has 1 N–H and O–H groups in total. The van der Waals surface area contributed by atoms with Gasteiger partial charge in [-0.3, -0.25) is 4.98 Å². The number of nitrogens with one attached hydrogen (secondary N) is 1. The number of hydrogen-bond donors (Lipinski definition) is 1. The molecule has 0 bridgehead atoms. The van der Waals surface area contributed by atoms with Crippen LogP contribution < -0.4 is 15.6 Å². The fourth-order valence-electron chi connectivity index (χ4n) is 4.29. The van der Waals surface area contributed by atoms with Crippen molar-refractivity contribution >= 4 is 32.8 Å². The minimum Gasteiger partial charge on any atom is -0.408 e. The van der Waals surface area contributed by atoms with E-state index in [2.05, 4.69) is 36.7 Å². The van der Waals surface area contributed by atoms with Crippen LogP contribution >= 0.6 is 0 Å². The van der Waals surface area contributed by atoms with Crippen molar-refractivity contribution in [2.75, 3.05) is 69.2 Å². The fourth-order valence-corrected chi connectivity index (χ4v) is 5.74. The molecule has 3 aromatic rings. The molecule has 2 aromatic heterocycles. The maximum absolute atomic E-state index is 13.2. The van der Waals surface area contributed by atoms with Crippen LogP contribution in [0.25, 0.3) is 11.1 Å². The third kappa shape index (κ3) is 4.33. The van der Waals surface area contributed by atoms with Gasteiger partial charge in [0.1, 0.15) is 17.5 Å². The highest BCUT2D eigenvalue weighted by Gasteiger charge is 2.30. The van der Waals surface area contributed by atoms with Crippen LogP contribution in [0.3, 0.4) is 0 Å². The Kier molecular flexibility index (Phi) is 5.59. The largest absolute Gasteiger partial charge is 0.417 e. The van der Waals surface area contributed by atoms with Crippen LogP contribution in [-0.2, 0) is 10.0 Å². The highest BCUT2D eigenvalue weighted by atomic mass is 32.2. The Bertz CT molecular complexity index is 1320. The number of aromatic amines is 1. The molecule has 2 saturated heterocycles. The zero-order chi connectivity index (χ0) is 23.2. The van der Waals surface area contributed by atoms with Crippen LogP contribution in [0, 0.1) is 6.92 Å². The summed E-state index contributed by atoms with van der Waals surface area (Å²) in [6, 6.07) is 6.42. The molecule has 2 aliphatic heterocycles. The lowest BCUT2D eigenvalue weighted by atomic mass is 10.3. The second kappa shape index (κ2) is 8.43. The summed E-state index contributed by atoms with van der Waals surface area (Å²) in [4.78, 5) is 29.9. The highest BCUT2D eigenvalue weighted by Crippen LogP contribution is 2.25. The molecule has 2 fully saturated rings. The molecule has 0 aliphatic carbocycles. The summed E-state index contributed by atoms with van der Waals surface area (Å²) in [7, 11) is -1.57. The van der Waals surface area contributed by atoms with Crippen molar-refractivity contribution in [1.29, 1.82) is 0 Å². The van der Waals surface area contributed by atoms with E-state index < -0.39 is 15.8 Å². The predicted molar refractivity (Wildman–Crippen MR) is 124 cm³/mol. The third-order valence-corrected chi connectivity index (χ3v) is 8.12. The van der Waals surface area contributed by atoms with Crippen molar-refractivity contribution in [3.8, 4) is 0 Å². The molecule has 0 radical (unpaired) electrons. The maximum atomic E-state index is 13.2. The quantitative estimate of drug-likeness (QED) is 0.577. The van der Waals surface area contributed by atoms with Gasteiger partial charge in [-0.15, -0.1) is 0 Å². The molecule has 176 valence electrons. The first-order valence-corrected chi connectivity index (χ1v) is 12.4. The van der Waals surface area contributed by atoms with Gasteiger partial charge in [0, 0.05) is 58.4 Å². The van der Waals surface area contributed by atoms with Gasteiger partial charge in [-0.1, -0.05) is 0 Å². The molecule has 12 heteroatoms. The van der Waals surface area contributed by atoms with Crippen LogP contribution in [0.15, 0.2) is 38.4 Å². The molecule has 5 rings (SSSR count). The second-order valence-electron chi connectivity index (χ2n) is 8.49. The Balaban J connectivity index is 1.30. The van der Waals surface area contributed by atoms with Gasteiger partial charge in [0.25, 0.3) is 0 Å². The zero-order valence-electron chi connectivity index (χ0n) is 18.7. The van der Waals surface area contributed by atoms with E-state index in [1.807, 2.05) is 13.0 Å². The van der Waals surface area contributed by atoms with Gasteiger partial charge < -0.3 is 19.1 Å². The van der Waals surface area contributed by atoms with E-state index in [1.54, 1.807) is 0 Å². The molecular formula is C21H27N7O4S. The maximum Gasteiger partial charge on any atom is 0.417 e. The second-order valence-corrected chi connectivity index (χ2v) is 10.4. The number of anilines is 2. The van der Waals surface area contributed by atoms with Gasteiger partial charge in [0.05, 0.1) is 10.4 Å². The number of oxazole rings is 1. The average Bonchev–Trinajstić information content (AvgIpc) is 3.18. The van der Waals surface area contributed by atoms with Gasteiger partial charge in [-0.2, -0.15) is 4.31 Å². The van der Waals surface area contributed by atoms with E-state index in [9.17, 15) is 13.2 Å². The zero-order valence-corrected chi connectivity index (χ0v) is 19.5. The highest BCUT2D eigenvalue weighted by molar-refractivity contribution is 7.89. The lowest BCUT2D eigenvalue weighted by Crippen LogP contribution is -2.49. The number of hydrogen-bond acceptors (Lipinski definition) is 9. The van der Waals surface area contributed by atoms with Crippen LogP contribution in [0.5, 0.6) is 0 Å². The van der Waals surface area contributed by atoms with Gasteiger partial charge in [0.15, 0.2) is 5.58 Å². The Labute approximate surface area is 191 Å². The Morgan fingerprint density at radius 1 is 0.909 bits per heavy atom. The summed E-state index contributed by atoms with van der Waals surface area (Å²) in [5, 5.41) is 0. The normalized spacial score (nSPS) is 18.8. The Morgan fingerprint density at radius 2 is 1.52 bits per heavy atom. The van der Waals surface area contributed by atoms with E-state index in [0.717, 1.165) is 37.8 Å². The van der Waals surface area contributed by atoms with Crippen molar-refractivity contribution in [2.24, 2.45) is 0 Å². The number of benzene rings is 1. The molecule has 0 unspecified atom stereocenters. The lowest BCUT2D eigenvalue weighted by Gasteiger charge is -2.36. The van der Waals surface area contributed by atoms with Crippen molar-refractivity contribution in [1.82, 2.24) is 24.2 Å². The fraction of sp³-hybridized carbons (Fsp3) is 0.476. The SMILES string of the molecule is Cc1nc(N2CCN(C)CC2)cc(N2CCN(S(=O)(=O)c3ccc4oc(=O)[nH]c4c3)CC2)n1. The van der Waals surface area contributed by atoms with E-state index in [4.69, 9.17) is 4.42 Å². The molecular weight excluding hydrogens is 446 g/mol. The number of piperazine rings is 2. The standard InChI is InChI=1S/C21H27N7O4S/c1-15-22-19(26-7-5-25(2)6-8-26)14-20(23-15)27-9-11-28(12-10-27)33(30,31)16-3-4-18-17(13-16)24-21(29)32-18/h3-4,13-14H,5-12H2,1-2H3,(H,24,29). The molecule has 0 amide bonds. The minimum absolute atomic E-state index is 0.135. The molecule has 11 nitrogen and oxygen atoms in total. The first-order chi connectivity index (χ1) is 15.8. The number of likely N-dealkylation sites (N-methyl/N-ethyl adjacent to an activating group) is 1. The number of aromatic nitrogens is 3. The van der Waals surface area contributed by atoms with E-state index >= 15 is 0 Å². The van der Waals surface area contributed by atoms with Crippen LogP contribution in [-0.4, -0.2) is 92.0 Å². The molecule has 0 spiro atoms. The average molecular weight is 474 g/mol. The topological polar surface area (TPSA) is 119 Å². The summed E-state index contributed by atoms with van der Waals surface area (Å²) in [5.41, 5.74) is 0.701.